The quantitative estimate of drug-likeness (QED) is 0.387. The molecule has 0 fully saturated rings. The molecule has 3 rings (SSSR count). The van der Waals surface area contributed by atoms with Gasteiger partial charge in [0.1, 0.15) is 6.07 Å². The second-order valence-corrected chi connectivity index (χ2v) is 12.3. The van der Waals surface area contributed by atoms with Gasteiger partial charge in [-0.25, -0.2) is 12.7 Å². The number of hydrogen-bond donors (Lipinski definition) is 1. The lowest BCUT2D eigenvalue weighted by Crippen LogP contribution is -2.33. The minimum Gasteiger partial charge on any atom is -0.419 e. The van der Waals surface area contributed by atoms with Crippen LogP contribution in [0.2, 0.25) is 0 Å². The number of anilines is 1. The Balaban J connectivity index is 1.86. The summed E-state index contributed by atoms with van der Waals surface area (Å²) < 4.78 is 31.8. The molecule has 0 amide bonds. The summed E-state index contributed by atoms with van der Waals surface area (Å²) in [4.78, 5) is 6.86. The molecule has 3 aromatic rings. The van der Waals surface area contributed by atoms with Crippen LogP contribution in [0.3, 0.4) is 0 Å². The van der Waals surface area contributed by atoms with E-state index < -0.39 is 10.0 Å². The van der Waals surface area contributed by atoms with E-state index in [2.05, 4.69) is 80.2 Å². The van der Waals surface area contributed by atoms with Gasteiger partial charge in [-0.1, -0.05) is 58.9 Å². The molecule has 0 aliphatic heterocycles. The largest absolute Gasteiger partial charge is 0.419 e. The Morgan fingerprint density at radius 2 is 1.62 bits per heavy atom. The van der Waals surface area contributed by atoms with E-state index in [9.17, 15) is 13.7 Å². The average molecular weight is 524 g/mol. The Morgan fingerprint density at radius 3 is 2.11 bits per heavy atom. The van der Waals surface area contributed by atoms with E-state index in [1.807, 2.05) is 0 Å². The summed E-state index contributed by atoms with van der Waals surface area (Å²) in [5, 5.41) is 13.0. The van der Waals surface area contributed by atoms with Gasteiger partial charge in [-0.2, -0.15) is 10.2 Å². The van der Waals surface area contributed by atoms with Crippen LogP contribution in [0.5, 0.6) is 0 Å². The highest BCUT2D eigenvalue weighted by atomic mass is 32.2. The van der Waals surface area contributed by atoms with E-state index in [1.165, 1.54) is 37.4 Å². The monoisotopic (exact) mass is 523 g/mol. The Hall–Kier alpha value is -3.19. The van der Waals surface area contributed by atoms with E-state index in [1.54, 1.807) is 12.1 Å². The van der Waals surface area contributed by atoms with E-state index >= 15 is 0 Å². The zero-order chi connectivity index (χ0) is 27.4. The van der Waals surface area contributed by atoms with Crippen molar-refractivity contribution < 1.29 is 12.8 Å². The Labute approximate surface area is 221 Å². The van der Waals surface area contributed by atoms with Crippen LogP contribution in [0.4, 0.5) is 5.88 Å². The molecule has 198 valence electrons. The second kappa shape index (κ2) is 11.5. The van der Waals surface area contributed by atoms with E-state index in [0.29, 0.717) is 18.0 Å². The van der Waals surface area contributed by atoms with E-state index in [4.69, 9.17) is 4.42 Å². The molecular formula is C28H37N5O3S. The first kappa shape index (κ1) is 28.4. The summed E-state index contributed by atoms with van der Waals surface area (Å²) in [7, 11) is -0.569. The molecular weight excluding hydrogens is 486 g/mol. The minimum absolute atomic E-state index is 0.0691. The molecule has 37 heavy (non-hydrogen) atoms. The molecule has 8 nitrogen and oxygen atoms in total. The molecule has 9 heteroatoms. The summed E-state index contributed by atoms with van der Waals surface area (Å²) in [6, 6.07) is 17.1. The van der Waals surface area contributed by atoms with Gasteiger partial charge in [-0.15, -0.1) is 0 Å². The summed E-state index contributed by atoms with van der Waals surface area (Å²) in [6.07, 6.45) is 0. The normalized spacial score (nSPS) is 13.1. The van der Waals surface area contributed by atoms with Crippen molar-refractivity contribution in [2.24, 2.45) is 0 Å². The lowest BCUT2D eigenvalue weighted by molar-refractivity contribution is 0.227. The fourth-order valence-electron chi connectivity index (χ4n) is 4.14. The van der Waals surface area contributed by atoms with Gasteiger partial charge in [0, 0.05) is 26.2 Å². The van der Waals surface area contributed by atoms with Crippen molar-refractivity contribution in [2.75, 3.05) is 39.0 Å². The smallest absolute Gasteiger partial charge is 0.242 e. The Kier molecular flexibility index (Phi) is 8.80. The standard InChI is InChI=1S/C28H37N5O3S/c1-8-33(9-2)25(20-10-14-22(15-11-20)28(3,4)5)19-30-27-24(18-29)31-26(36-27)21-12-16-23(17-13-21)37(34,35)32(6)7/h10-17,25,30H,8-9,19H2,1-7H3. The molecule has 1 aromatic heterocycles. The molecule has 0 aliphatic rings. The van der Waals surface area contributed by atoms with Gasteiger partial charge in [0.2, 0.25) is 27.5 Å². The molecule has 0 radical (unpaired) electrons. The van der Waals surface area contributed by atoms with Gasteiger partial charge in [-0.05, 0) is 53.9 Å². The first-order chi connectivity index (χ1) is 17.4. The van der Waals surface area contributed by atoms with Crippen LogP contribution in [0.15, 0.2) is 57.8 Å². The molecule has 0 saturated heterocycles. The van der Waals surface area contributed by atoms with Crippen molar-refractivity contribution in [2.45, 2.75) is 51.0 Å². The number of nitriles is 1. The molecule has 1 heterocycles. The van der Waals surface area contributed by atoms with Gasteiger partial charge in [0.15, 0.2) is 0 Å². The number of sulfonamides is 1. The lowest BCUT2D eigenvalue weighted by Gasteiger charge is -2.31. The predicted molar refractivity (Wildman–Crippen MR) is 147 cm³/mol. The highest BCUT2D eigenvalue weighted by Gasteiger charge is 2.23. The minimum atomic E-state index is -3.54. The fourth-order valence-corrected chi connectivity index (χ4v) is 5.04. The average Bonchev–Trinajstić information content (AvgIpc) is 3.29. The lowest BCUT2D eigenvalue weighted by atomic mass is 9.86. The summed E-state index contributed by atoms with van der Waals surface area (Å²) >= 11 is 0. The summed E-state index contributed by atoms with van der Waals surface area (Å²) in [5.74, 6) is 0.549. The van der Waals surface area contributed by atoms with Gasteiger partial charge in [0.25, 0.3) is 0 Å². The van der Waals surface area contributed by atoms with Crippen LogP contribution in [0, 0.1) is 11.3 Å². The number of rotatable bonds is 10. The number of hydrogen-bond acceptors (Lipinski definition) is 7. The van der Waals surface area contributed by atoms with Gasteiger partial charge < -0.3 is 9.73 Å². The van der Waals surface area contributed by atoms with Crippen LogP contribution in [-0.4, -0.2) is 56.3 Å². The topological polar surface area (TPSA) is 102 Å². The maximum Gasteiger partial charge on any atom is 0.242 e. The Bertz CT molecular complexity index is 1330. The number of benzene rings is 2. The third kappa shape index (κ3) is 6.39. The zero-order valence-electron chi connectivity index (χ0n) is 22.7. The molecule has 0 aliphatic carbocycles. The maximum atomic E-state index is 12.4. The fraction of sp³-hybridized carbons (Fsp3) is 0.429. The predicted octanol–water partition coefficient (Wildman–Crippen LogP) is 5.26. The number of aromatic nitrogens is 1. The van der Waals surface area contributed by atoms with E-state index in [-0.39, 0.29) is 27.9 Å². The van der Waals surface area contributed by atoms with Crippen molar-refractivity contribution >= 4 is 15.9 Å². The number of nitrogens with zero attached hydrogens (tertiary/aromatic N) is 4. The highest BCUT2D eigenvalue weighted by molar-refractivity contribution is 7.89. The van der Waals surface area contributed by atoms with Crippen molar-refractivity contribution in [3.63, 3.8) is 0 Å². The second-order valence-electron chi connectivity index (χ2n) is 10.1. The van der Waals surface area contributed by atoms with Crippen molar-refractivity contribution in [1.29, 1.82) is 5.26 Å². The van der Waals surface area contributed by atoms with Crippen LogP contribution in [-0.2, 0) is 15.4 Å². The Morgan fingerprint density at radius 1 is 1.03 bits per heavy atom. The number of oxazole rings is 1. The van der Waals surface area contributed by atoms with E-state index in [0.717, 1.165) is 17.4 Å². The SMILES string of the molecule is CCN(CC)C(CNc1oc(-c2ccc(S(=O)(=O)N(C)C)cc2)nc1C#N)c1ccc(C(C)(C)C)cc1. The van der Waals surface area contributed by atoms with Crippen LogP contribution >= 0.6 is 0 Å². The molecule has 0 saturated carbocycles. The van der Waals surface area contributed by atoms with Crippen molar-refractivity contribution in [3.05, 3.63) is 65.4 Å². The van der Waals surface area contributed by atoms with Crippen molar-refractivity contribution in [1.82, 2.24) is 14.2 Å². The first-order valence-electron chi connectivity index (χ1n) is 12.4. The third-order valence-corrected chi connectivity index (χ3v) is 8.31. The summed E-state index contributed by atoms with van der Waals surface area (Å²) in [6.45, 7) is 13.1. The maximum absolute atomic E-state index is 12.4. The zero-order valence-corrected chi connectivity index (χ0v) is 23.6. The summed E-state index contributed by atoms with van der Waals surface area (Å²) in [5.41, 5.74) is 3.27. The van der Waals surface area contributed by atoms with Crippen LogP contribution in [0.1, 0.15) is 57.5 Å². The number of likely N-dealkylation sites (N-methyl/N-ethyl adjacent to an activating group) is 1. The molecule has 1 unspecified atom stereocenters. The first-order valence-corrected chi connectivity index (χ1v) is 13.9. The van der Waals surface area contributed by atoms with Gasteiger partial charge in [-0.3, -0.25) is 4.90 Å². The third-order valence-electron chi connectivity index (χ3n) is 6.48. The molecule has 0 spiro atoms. The molecule has 0 bridgehead atoms. The van der Waals surface area contributed by atoms with Crippen LogP contribution < -0.4 is 5.32 Å². The molecule has 1 N–H and O–H groups in total. The molecule has 2 aromatic carbocycles. The van der Waals surface area contributed by atoms with Crippen molar-refractivity contribution in [3.8, 4) is 17.5 Å². The highest BCUT2D eigenvalue weighted by Crippen LogP contribution is 2.30. The number of nitrogens with one attached hydrogen (secondary N) is 1. The molecule has 1 atom stereocenters. The van der Waals surface area contributed by atoms with Gasteiger partial charge in [0.05, 0.1) is 10.9 Å². The van der Waals surface area contributed by atoms with Gasteiger partial charge >= 0.3 is 0 Å². The van der Waals surface area contributed by atoms with Crippen LogP contribution in [0.25, 0.3) is 11.5 Å².